The van der Waals surface area contributed by atoms with Crippen molar-refractivity contribution in [3.63, 3.8) is 0 Å². The highest BCUT2D eigenvalue weighted by atomic mass is 79.9. The van der Waals surface area contributed by atoms with Gasteiger partial charge in [0.05, 0.1) is 0 Å². The third kappa shape index (κ3) is 3.99. The van der Waals surface area contributed by atoms with Crippen LogP contribution in [-0.4, -0.2) is 14.1 Å². The highest BCUT2D eigenvalue weighted by Gasteiger charge is 2.27. The summed E-state index contributed by atoms with van der Waals surface area (Å²) < 4.78 is 1.28. The van der Waals surface area contributed by atoms with Crippen molar-refractivity contribution in [3.8, 4) is 0 Å². The molecule has 0 nitrogen and oxygen atoms in total. The molecule has 2 aromatic carbocycles. The molecule has 0 heterocycles. The number of halogens is 1. The van der Waals surface area contributed by atoms with Crippen molar-refractivity contribution >= 4 is 42.9 Å². The molecule has 0 unspecified atom stereocenters. The zero-order valence-corrected chi connectivity index (χ0v) is 14.7. The van der Waals surface area contributed by atoms with Crippen LogP contribution in [0.4, 0.5) is 0 Å². The Morgan fingerprint density at radius 3 is 2.10 bits per heavy atom. The average Bonchev–Trinajstić information content (AvgIpc) is 2.52. The minimum absolute atomic E-state index is 0. The van der Waals surface area contributed by atoms with Crippen molar-refractivity contribution in [1.29, 1.82) is 0 Å². The van der Waals surface area contributed by atoms with Crippen LogP contribution >= 0.6 is 23.9 Å². The van der Waals surface area contributed by atoms with E-state index in [4.69, 9.17) is 0 Å². The molecule has 1 aliphatic rings. The lowest BCUT2D eigenvalue weighted by molar-refractivity contribution is 0.513. The number of benzene rings is 2. The van der Waals surface area contributed by atoms with Crippen LogP contribution in [0.25, 0.3) is 0 Å². The van der Waals surface area contributed by atoms with E-state index >= 15 is 0 Å². The molecule has 1 aliphatic carbocycles. The third-order valence-electron chi connectivity index (χ3n) is 4.09. The van der Waals surface area contributed by atoms with Gasteiger partial charge in [-0.1, -0.05) is 83.7 Å². The van der Waals surface area contributed by atoms with Crippen LogP contribution in [0.1, 0.15) is 32.1 Å². The molecule has 3 heteroatoms. The molecule has 0 amide bonds. The van der Waals surface area contributed by atoms with Crippen LogP contribution < -0.4 is 10.6 Å². The minimum Gasteiger partial charge on any atom is -0.0622 e. The fraction of sp³-hybridized carbons (Fsp3) is 0.333. The second-order valence-electron chi connectivity index (χ2n) is 5.45. The molecule has 0 spiro atoms. The summed E-state index contributed by atoms with van der Waals surface area (Å²) in [6.45, 7) is 0. The molecule has 0 N–H and O–H groups in total. The molecular formula is C18H20BBrP. The van der Waals surface area contributed by atoms with Crippen molar-refractivity contribution in [3.05, 3.63) is 59.1 Å². The molecule has 21 heavy (non-hydrogen) atoms. The zero-order valence-electron chi connectivity index (χ0n) is 12.2. The smallest absolute Gasteiger partial charge is 0.0255 e. The van der Waals surface area contributed by atoms with Crippen LogP contribution in [0.3, 0.4) is 0 Å². The van der Waals surface area contributed by atoms with E-state index in [9.17, 15) is 0 Å². The van der Waals surface area contributed by atoms with Gasteiger partial charge in [-0.15, -0.1) is 0 Å². The van der Waals surface area contributed by atoms with Gasteiger partial charge in [-0.3, -0.25) is 0 Å². The quantitative estimate of drug-likeness (QED) is 0.545. The van der Waals surface area contributed by atoms with Crippen LogP contribution in [0.5, 0.6) is 0 Å². The second kappa shape index (κ2) is 8.15. The predicted octanol–water partition coefficient (Wildman–Crippen LogP) is 4.83. The van der Waals surface area contributed by atoms with Crippen molar-refractivity contribution in [2.24, 2.45) is 0 Å². The molecule has 3 rings (SSSR count). The summed E-state index contributed by atoms with van der Waals surface area (Å²) in [7, 11) is -0.237. The van der Waals surface area contributed by atoms with Crippen molar-refractivity contribution < 1.29 is 0 Å². The standard InChI is InChI=1S/C18H20BrP.B/c19-17-13-7-8-14-18(17)20(15-9-3-1-4-10-15)16-11-5-2-6-12-16;/h1,3-4,7-10,13-14,16H,2,5-6,11-12H2;/t20-;/m1./s1. The lowest BCUT2D eigenvalue weighted by atomic mass is 10.0. The molecule has 2 aromatic rings. The maximum Gasteiger partial charge on any atom is 0.0255 e. The average molecular weight is 358 g/mol. The first-order chi connectivity index (χ1) is 9.86. The summed E-state index contributed by atoms with van der Waals surface area (Å²) in [5.74, 6) is 0. The molecule has 1 atom stereocenters. The van der Waals surface area contributed by atoms with Gasteiger partial charge < -0.3 is 0 Å². The van der Waals surface area contributed by atoms with Gasteiger partial charge >= 0.3 is 0 Å². The maximum atomic E-state index is 3.78. The number of hydrogen-bond acceptors (Lipinski definition) is 0. The predicted molar refractivity (Wildman–Crippen MR) is 99.4 cm³/mol. The fourth-order valence-corrected chi connectivity index (χ4v) is 7.00. The van der Waals surface area contributed by atoms with Gasteiger partial charge in [0.25, 0.3) is 0 Å². The molecule has 1 saturated carbocycles. The molecule has 0 bridgehead atoms. The van der Waals surface area contributed by atoms with Gasteiger partial charge in [0.2, 0.25) is 0 Å². The summed E-state index contributed by atoms with van der Waals surface area (Å²) in [6, 6.07) is 19.9. The molecule has 0 saturated heterocycles. The van der Waals surface area contributed by atoms with E-state index in [1.165, 1.54) is 47.2 Å². The van der Waals surface area contributed by atoms with Crippen molar-refractivity contribution in [2.75, 3.05) is 0 Å². The largest absolute Gasteiger partial charge is 0.0622 e. The summed E-state index contributed by atoms with van der Waals surface area (Å²) >= 11 is 3.78. The Morgan fingerprint density at radius 2 is 1.43 bits per heavy atom. The molecular weight excluding hydrogens is 338 g/mol. The summed E-state index contributed by atoms with van der Waals surface area (Å²) in [5, 5.41) is 3.04. The van der Waals surface area contributed by atoms with Gasteiger partial charge in [0.1, 0.15) is 0 Å². The zero-order chi connectivity index (χ0) is 13.8. The minimum atomic E-state index is -0.237. The van der Waals surface area contributed by atoms with E-state index in [1.807, 2.05) is 0 Å². The Hall–Kier alpha value is -0.585. The van der Waals surface area contributed by atoms with Gasteiger partial charge in [0.15, 0.2) is 0 Å². The van der Waals surface area contributed by atoms with Gasteiger partial charge in [-0.05, 0) is 43.1 Å². The summed E-state index contributed by atoms with van der Waals surface area (Å²) in [6.07, 6.45) is 7.01. The molecule has 1 fully saturated rings. The van der Waals surface area contributed by atoms with Crippen molar-refractivity contribution in [1.82, 2.24) is 0 Å². The Balaban J connectivity index is 0.00000161. The fourth-order valence-electron chi connectivity index (χ4n) is 3.12. The second-order valence-corrected chi connectivity index (χ2v) is 8.77. The van der Waals surface area contributed by atoms with E-state index in [1.54, 1.807) is 0 Å². The van der Waals surface area contributed by atoms with Crippen LogP contribution in [0.2, 0.25) is 0 Å². The maximum absolute atomic E-state index is 3.78. The molecule has 107 valence electrons. The molecule has 0 aliphatic heterocycles. The van der Waals surface area contributed by atoms with E-state index in [-0.39, 0.29) is 16.3 Å². The van der Waals surface area contributed by atoms with Gasteiger partial charge in [-0.25, -0.2) is 0 Å². The molecule has 0 aromatic heterocycles. The first-order valence-electron chi connectivity index (χ1n) is 7.45. The first kappa shape index (κ1) is 16.8. The van der Waals surface area contributed by atoms with Crippen LogP contribution in [0.15, 0.2) is 59.1 Å². The highest BCUT2D eigenvalue weighted by Crippen LogP contribution is 2.47. The van der Waals surface area contributed by atoms with Gasteiger partial charge in [-0.2, -0.15) is 0 Å². The Bertz CT molecular complexity index is 552. The Morgan fingerprint density at radius 1 is 0.810 bits per heavy atom. The monoisotopic (exact) mass is 357 g/mol. The molecule has 3 radical (unpaired) electrons. The lowest BCUT2D eigenvalue weighted by Gasteiger charge is -2.32. The van der Waals surface area contributed by atoms with Crippen molar-refractivity contribution in [2.45, 2.75) is 37.8 Å². The van der Waals surface area contributed by atoms with E-state index in [0.717, 1.165) is 5.66 Å². The SMILES string of the molecule is Brc1ccccc1[P@](c1ccccc1)C1CCCCC1.[B]. The summed E-state index contributed by atoms with van der Waals surface area (Å²) in [5.41, 5.74) is 0.847. The van der Waals surface area contributed by atoms with Crippen LogP contribution in [0, 0.1) is 0 Å². The number of rotatable bonds is 3. The van der Waals surface area contributed by atoms with E-state index < -0.39 is 0 Å². The first-order valence-corrected chi connectivity index (χ1v) is 9.65. The Labute approximate surface area is 139 Å². The topological polar surface area (TPSA) is 0 Å². The highest BCUT2D eigenvalue weighted by molar-refractivity contribution is 9.10. The Kier molecular flexibility index (Phi) is 6.52. The third-order valence-corrected chi connectivity index (χ3v) is 8.09. The van der Waals surface area contributed by atoms with E-state index in [0.29, 0.717) is 0 Å². The number of hydrogen-bond donors (Lipinski definition) is 0. The van der Waals surface area contributed by atoms with Gasteiger partial charge in [0, 0.05) is 12.9 Å². The summed E-state index contributed by atoms with van der Waals surface area (Å²) in [4.78, 5) is 0. The van der Waals surface area contributed by atoms with Crippen LogP contribution in [-0.2, 0) is 0 Å². The normalized spacial score (nSPS) is 17.0. The lowest BCUT2D eigenvalue weighted by Crippen LogP contribution is -2.24. The van der Waals surface area contributed by atoms with E-state index in [2.05, 4.69) is 70.5 Å².